The predicted octanol–water partition coefficient (Wildman–Crippen LogP) is 3.54. The Morgan fingerprint density at radius 2 is 1.89 bits per heavy atom. The van der Waals surface area contributed by atoms with E-state index in [2.05, 4.69) is 10.2 Å². The van der Waals surface area contributed by atoms with Crippen LogP contribution in [0.25, 0.3) is 0 Å². The number of nitrogens with one attached hydrogen (secondary N) is 1. The van der Waals surface area contributed by atoms with Gasteiger partial charge in [-0.25, -0.2) is 4.79 Å². The monoisotopic (exact) mass is 632 g/mol. The molecule has 0 saturated heterocycles. The van der Waals surface area contributed by atoms with Gasteiger partial charge in [-0.3, -0.25) is 4.79 Å². The number of carbonyl (C=O) groups is 2. The molecule has 3 rings (SSSR count). The minimum atomic E-state index is -0.903. The molecule has 0 aromatic heterocycles. The highest BCUT2D eigenvalue weighted by Crippen LogP contribution is 2.36. The third-order valence-corrected chi connectivity index (χ3v) is 7.19. The van der Waals surface area contributed by atoms with E-state index in [1.54, 1.807) is 36.4 Å². The van der Waals surface area contributed by atoms with Gasteiger partial charge in [0.2, 0.25) is 5.91 Å². The number of rotatable bonds is 17. The lowest BCUT2D eigenvalue weighted by Gasteiger charge is -2.19. The number of hydrogen-bond donors (Lipinski definition) is 4. The molecule has 0 aliphatic heterocycles. The van der Waals surface area contributed by atoms with Gasteiger partial charge in [0.05, 0.1) is 12.2 Å². The molecule has 13 heteroatoms. The number of aliphatic hydroxyl groups excluding tert-OH is 3. The maximum Gasteiger partial charge on any atom is 0.330 e. The topological polar surface area (TPSA) is 178 Å². The van der Waals surface area contributed by atoms with Crippen molar-refractivity contribution in [2.24, 2.45) is 11.8 Å². The molecule has 2 aromatic rings. The molecule has 12 nitrogen and oxygen atoms in total. The van der Waals surface area contributed by atoms with Crippen molar-refractivity contribution in [3.8, 4) is 11.5 Å². The van der Waals surface area contributed by atoms with Crippen molar-refractivity contribution >= 4 is 23.5 Å². The van der Waals surface area contributed by atoms with Gasteiger partial charge in [0, 0.05) is 23.8 Å². The molecule has 1 amide bonds. The Kier molecular flexibility index (Phi) is 14.1. The lowest BCUT2D eigenvalue weighted by atomic mass is 9.89. The first-order valence-electron chi connectivity index (χ1n) is 14.2. The summed E-state index contributed by atoms with van der Waals surface area (Å²) in [5.74, 6) is -0.751. The number of benzene rings is 2. The summed E-state index contributed by atoms with van der Waals surface area (Å²) in [6, 6.07) is 12.8. The number of amides is 1. The Balaban J connectivity index is 1.32. The Bertz CT molecular complexity index is 1290. The van der Waals surface area contributed by atoms with Gasteiger partial charge in [0.25, 0.3) is 5.09 Å². The first-order valence-corrected chi connectivity index (χ1v) is 14.6. The molecule has 4 N–H and O–H groups in total. The zero-order valence-corrected chi connectivity index (χ0v) is 24.8. The number of nitrogens with zero attached hydrogens (tertiary/aromatic N) is 1. The highest BCUT2D eigenvalue weighted by molar-refractivity contribution is 6.30. The third kappa shape index (κ3) is 12.3. The van der Waals surface area contributed by atoms with Gasteiger partial charge in [-0.15, -0.1) is 10.1 Å². The minimum absolute atomic E-state index is 0.0148. The van der Waals surface area contributed by atoms with E-state index in [1.807, 2.05) is 12.2 Å². The normalized spacial score (nSPS) is 20.5. The van der Waals surface area contributed by atoms with Gasteiger partial charge in [0.15, 0.2) is 0 Å². The number of esters is 1. The van der Waals surface area contributed by atoms with Gasteiger partial charge in [-0.1, -0.05) is 54.1 Å². The van der Waals surface area contributed by atoms with Crippen molar-refractivity contribution in [2.75, 3.05) is 13.2 Å². The zero-order chi connectivity index (χ0) is 31.9. The second kappa shape index (κ2) is 18.0. The zero-order valence-electron chi connectivity index (χ0n) is 24.0. The highest BCUT2D eigenvalue weighted by Gasteiger charge is 2.39. The van der Waals surface area contributed by atoms with Crippen molar-refractivity contribution in [3.63, 3.8) is 0 Å². The number of aliphatic hydroxyl groups is 3. The molecule has 1 aliphatic carbocycles. The van der Waals surface area contributed by atoms with E-state index in [0.717, 1.165) is 0 Å². The summed E-state index contributed by atoms with van der Waals surface area (Å²) in [4.78, 5) is 38.6. The molecular formula is C31H37ClN2O10. The summed E-state index contributed by atoms with van der Waals surface area (Å²) in [6.07, 6.45) is 6.91. The molecular weight excluding hydrogens is 596 g/mol. The molecule has 2 aromatic carbocycles. The van der Waals surface area contributed by atoms with Crippen molar-refractivity contribution < 1.29 is 44.3 Å². The molecule has 238 valence electrons. The van der Waals surface area contributed by atoms with E-state index in [0.29, 0.717) is 35.6 Å². The largest absolute Gasteiger partial charge is 0.491 e. The second-order valence-corrected chi connectivity index (χ2v) is 10.8. The lowest BCUT2D eigenvalue weighted by Crippen LogP contribution is -2.31. The predicted molar refractivity (Wildman–Crippen MR) is 160 cm³/mol. The molecule has 44 heavy (non-hydrogen) atoms. The van der Waals surface area contributed by atoms with Crippen LogP contribution in [0.1, 0.15) is 37.7 Å². The summed E-state index contributed by atoms with van der Waals surface area (Å²) in [6.45, 7) is -0.510. The molecule has 0 heterocycles. The van der Waals surface area contributed by atoms with Gasteiger partial charge in [-0.2, -0.15) is 0 Å². The van der Waals surface area contributed by atoms with Crippen LogP contribution in [0.2, 0.25) is 5.02 Å². The van der Waals surface area contributed by atoms with E-state index >= 15 is 0 Å². The van der Waals surface area contributed by atoms with Gasteiger partial charge in [0.1, 0.15) is 37.4 Å². The van der Waals surface area contributed by atoms with Gasteiger partial charge < -0.3 is 34.9 Å². The molecule has 0 spiro atoms. The van der Waals surface area contributed by atoms with E-state index in [4.69, 9.17) is 21.1 Å². The van der Waals surface area contributed by atoms with Crippen molar-refractivity contribution in [2.45, 2.75) is 57.0 Å². The molecule has 1 aliphatic rings. The fourth-order valence-corrected chi connectivity index (χ4v) is 4.90. The number of hydrogen-bond acceptors (Lipinski definition) is 10. The molecule has 1 fully saturated rings. The van der Waals surface area contributed by atoms with Crippen LogP contribution in [0.15, 0.2) is 72.8 Å². The highest BCUT2D eigenvalue weighted by atomic mass is 35.5. The summed E-state index contributed by atoms with van der Waals surface area (Å²) in [5, 5.41) is 43.6. The maximum absolute atomic E-state index is 12.1. The summed E-state index contributed by atoms with van der Waals surface area (Å²) in [7, 11) is 0. The first-order chi connectivity index (χ1) is 21.1. The number of carbonyl (C=O) groups excluding carboxylic acids is 2. The van der Waals surface area contributed by atoms with Crippen LogP contribution >= 0.6 is 11.6 Å². The van der Waals surface area contributed by atoms with Crippen LogP contribution in [-0.2, 0) is 21.0 Å². The second-order valence-electron chi connectivity index (χ2n) is 10.3. The number of unbranched alkanes of at least 4 members (excludes halogenated alkanes) is 1. The van der Waals surface area contributed by atoms with Crippen LogP contribution in [0.5, 0.6) is 11.5 Å². The Morgan fingerprint density at radius 3 is 2.61 bits per heavy atom. The average molecular weight is 633 g/mol. The van der Waals surface area contributed by atoms with Crippen molar-refractivity contribution in [1.82, 2.24) is 5.32 Å². The molecule has 5 atom stereocenters. The SMILES string of the molecule is O=C(CCCC=CC[C@@H]1[C@@H](C=C[C@@H](O)COc2cccc(Cl)c2)[C@H](O)C[C@@H]1O)NCC(=O)Oc1ccc(CO[N+](=O)[O-])cc1. The number of halogens is 1. The first kappa shape index (κ1) is 34.5. The van der Waals surface area contributed by atoms with Crippen LogP contribution in [-0.4, -0.2) is 63.7 Å². The van der Waals surface area contributed by atoms with E-state index < -0.39 is 29.4 Å². The minimum Gasteiger partial charge on any atom is -0.491 e. The Hall–Kier alpha value is -3.97. The number of allylic oxidation sites excluding steroid dienone is 2. The Labute approximate surface area is 260 Å². The summed E-state index contributed by atoms with van der Waals surface area (Å²) < 4.78 is 10.7. The fraction of sp³-hybridized carbons (Fsp3) is 0.419. The maximum atomic E-state index is 12.1. The quantitative estimate of drug-likeness (QED) is 0.0503. The summed E-state index contributed by atoms with van der Waals surface area (Å²) >= 11 is 5.94. The Morgan fingerprint density at radius 1 is 1.11 bits per heavy atom. The van der Waals surface area contributed by atoms with Crippen LogP contribution in [0.4, 0.5) is 0 Å². The van der Waals surface area contributed by atoms with Crippen LogP contribution < -0.4 is 14.8 Å². The van der Waals surface area contributed by atoms with Crippen molar-refractivity contribution in [1.29, 1.82) is 0 Å². The third-order valence-electron chi connectivity index (χ3n) is 6.96. The lowest BCUT2D eigenvalue weighted by molar-refractivity contribution is -0.763. The average Bonchev–Trinajstić information content (AvgIpc) is 3.26. The van der Waals surface area contributed by atoms with Gasteiger partial charge in [-0.05, 0) is 61.1 Å². The van der Waals surface area contributed by atoms with Crippen LogP contribution in [0, 0.1) is 22.0 Å². The standard InChI is InChI=1S/C31H37ClN2O10/c32-22-6-5-7-25(16-22)42-20-23(35)12-15-27-26(28(36)17-29(27)37)8-3-1-2-4-9-30(38)33-18-31(39)44-24-13-10-21(11-14-24)19-43-34(40)41/h1,3,5-7,10-16,23,26-29,35-37H,2,4,8-9,17-20H2,(H,33,38)/t23-,26-,27-,28+,29-/m1/s1. The number of ether oxygens (including phenoxy) is 2. The van der Waals surface area contributed by atoms with E-state index in [9.17, 15) is 35.0 Å². The molecule has 0 bridgehead atoms. The fourth-order valence-electron chi connectivity index (χ4n) is 4.72. The van der Waals surface area contributed by atoms with E-state index in [-0.39, 0.29) is 56.1 Å². The van der Waals surface area contributed by atoms with Gasteiger partial charge >= 0.3 is 5.97 Å². The van der Waals surface area contributed by atoms with Crippen LogP contribution in [0.3, 0.4) is 0 Å². The van der Waals surface area contributed by atoms with Crippen molar-refractivity contribution in [3.05, 3.63) is 93.5 Å². The molecule has 0 unspecified atom stereocenters. The molecule has 1 saturated carbocycles. The smallest absolute Gasteiger partial charge is 0.330 e. The van der Waals surface area contributed by atoms with E-state index in [1.165, 1.54) is 24.3 Å². The molecule has 0 radical (unpaired) electrons. The summed E-state index contributed by atoms with van der Waals surface area (Å²) in [5.41, 5.74) is 0.532.